The van der Waals surface area contributed by atoms with Gasteiger partial charge in [0, 0.05) is 30.9 Å². The summed E-state index contributed by atoms with van der Waals surface area (Å²) in [4.78, 5) is 15.8. The molecule has 1 aromatic heterocycles. The Kier molecular flexibility index (Phi) is 4.58. The smallest absolute Gasteiger partial charge is 0.251 e. The van der Waals surface area contributed by atoms with Gasteiger partial charge in [-0.1, -0.05) is 12.1 Å². The van der Waals surface area contributed by atoms with Gasteiger partial charge in [-0.3, -0.25) is 9.78 Å². The molecule has 0 bridgehead atoms. The van der Waals surface area contributed by atoms with Crippen LogP contribution < -0.4 is 10.1 Å². The summed E-state index contributed by atoms with van der Waals surface area (Å²) in [6.07, 6.45) is 4.17. The Balaban J connectivity index is 0.00000147. The van der Waals surface area contributed by atoms with Gasteiger partial charge in [0.1, 0.15) is 5.75 Å². The zero-order chi connectivity index (χ0) is 13.1. The average Bonchev–Trinajstić information content (AvgIpc) is 2.93. The Morgan fingerprint density at radius 2 is 2.05 bits per heavy atom. The molecule has 20 heavy (non-hydrogen) atoms. The number of pyridine rings is 1. The van der Waals surface area contributed by atoms with E-state index >= 15 is 0 Å². The second-order valence-electron chi connectivity index (χ2n) is 4.46. The highest BCUT2D eigenvalue weighted by molar-refractivity contribution is 5.93. The minimum Gasteiger partial charge on any atom is -0.493 e. The fourth-order valence-electron chi connectivity index (χ4n) is 2.14. The van der Waals surface area contributed by atoms with Crippen LogP contribution in [0.5, 0.6) is 5.75 Å². The van der Waals surface area contributed by atoms with Crippen LogP contribution in [0.2, 0.25) is 0 Å². The van der Waals surface area contributed by atoms with Crippen molar-refractivity contribution in [2.24, 2.45) is 0 Å². The molecule has 0 unspecified atom stereocenters. The lowest BCUT2D eigenvalue weighted by atomic mass is 10.1. The highest BCUT2D eigenvalue weighted by atomic mass is 35.5. The van der Waals surface area contributed by atoms with E-state index in [0.29, 0.717) is 12.1 Å². The fraction of sp³-hybridized carbons (Fsp3) is 0.200. The van der Waals surface area contributed by atoms with Crippen LogP contribution in [0, 0.1) is 0 Å². The van der Waals surface area contributed by atoms with Crippen molar-refractivity contribution in [3.05, 3.63) is 59.4 Å². The molecule has 1 aromatic carbocycles. The summed E-state index contributed by atoms with van der Waals surface area (Å²) in [5.74, 6) is 0.878. The van der Waals surface area contributed by atoms with Crippen LogP contribution in [0.15, 0.2) is 42.7 Å². The molecule has 4 nitrogen and oxygen atoms in total. The van der Waals surface area contributed by atoms with E-state index in [4.69, 9.17) is 4.74 Å². The number of benzene rings is 1. The zero-order valence-electron chi connectivity index (χ0n) is 10.8. The van der Waals surface area contributed by atoms with Crippen molar-refractivity contribution in [1.29, 1.82) is 0 Å². The van der Waals surface area contributed by atoms with Crippen LogP contribution >= 0.6 is 12.4 Å². The van der Waals surface area contributed by atoms with Crippen molar-refractivity contribution in [3.8, 4) is 5.75 Å². The van der Waals surface area contributed by atoms with Crippen LogP contribution in [0.3, 0.4) is 0 Å². The lowest BCUT2D eigenvalue weighted by molar-refractivity contribution is 0.0951. The van der Waals surface area contributed by atoms with Gasteiger partial charge >= 0.3 is 0 Å². The molecule has 1 aliphatic rings. The summed E-state index contributed by atoms with van der Waals surface area (Å²) in [5.41, 5.74) is 2.93. The van der Waals surface area contributed by atoms with E-state index in [-0.39, 0.29) is 18.3 Å². The predicted octanol–water partition coefficient (Wildman–Crippen LogP) is 2.37. The molecular weight excluding hydrogens is 276 g/mol. The summed E-state index contributed by atoms with van der Waals surface area (Å²) >= 11 is 0. The molecule has 3 rings (SSSR count). The minimum atomic E-state index is -0.0841. The molecule has 1 amide bonds. The largest absolute Gasteiger partial charge is 0.493 e. The first-order valence-electron chi connectivity index (χ1n) is 6.26. The monoisotopic (exact) mass is 290 g/mol. The number of carbonyl (C=O) groups excluding carboxylic acids is 1. The Morgan fingerprint density at radius 1 is 1.25 bits per heavy atom. The van der Waals surface area contributed by atoms with Gasteiger partial charge in [0.2, 0.25) is 0 Å². The van der Waals surface area contributed by atoms with E-state index in [1.54, 1.807) is 24.5 Å². The van der Waals surface area contributed by atoms with E-state index in [9.17, 15) is 4.79 Å². The standard InChI is InChI=1S/C15H14N2O2.ClH/c18-15(12-3-6-16-7-4-12)17-10-11-1-2-14-13(9-11)5-8-19-14;/h1-4,6-7,9H,5,8,10H2,(H,17,18);1H. The molecule has 0 atom stereocenters. The molecule has 5 heteroatoms. The van der Waals surface area contributed by atoms with Gasteiger partial charge in [-0.25, -0.2) is 0 Å². The number of rotatable bonds is 3. The van der Waals surface area contributed by atoms with Crippen molar-refractivity contribution < 1.29 is 9.53 Å². The third-order valence-electron chi connectivity index (χ3n) is 3.15. The van der Waals surface area contributed by atoms with Crippen LogP contribution in [0.4, 0.5) is 0 Å². The van der Waals surface area contributed by atoms with Crippen LogP contribution in [0.1, 0.15) is 21.5 Å². The minimum absolute atomic E-state index is 0. The van der Waals surface area contributed by atoms with Gasteiger partial charge < -0.3 is 10.1 Å². The molecule has 0 saturated heterocycles. The maximum Gasteiger partial charge on any atom is 0.251 e. The molecule has 0 radical (unpaired) electrons. The Hall–Kier alpha value is -2.07. The van der Waals surface area contributed by atoms with E-state index in [2.05, 4.69) is 16.4 Å². The SMILES string of the molecule is Cl.O=C(NCc1ccc2c(c1)CCO2)c1ccncc1. The number of nitrogens with one attached hydrogen (secondary N) is 1. The first kappa shape index (κ1) is 14.3. The van der Waals surface area contributed by atoms with Crippen molar-refractivity contribution in [1.82, 2.24) is 10.3 Å². The number of hydrogen-bond acceptors (Lipinski definition) is 3. The van der Waals surface area contributed by atoms with Crippen molar-refractivity contribution in [2.75, 3.05) is 6.61 Å². The number of halogens is 1. The second kappa shape index (κ2) is 6.39. The molecule has 2 aromatic rings. The Labute approximate surface area is 123 Å². The van der Waals surface area contributed by atoms with Gasteiger partial charge in [0.15, 0.2) is 0 Å². The van der Waals surface area contributed by atoms with E-state index in [0.717, 1.165) is 24.3 Å². The topological polar surface area (TPSA) is 51.2 Å². The number of ether oxygens (including phenoxy) is 1. The van der Waals surface area contributed by atoms with Crippen LogP contribution in [-0.2, 0) is 13.0 Å². The summed E-state index contributed by atoms with van der Waals surface area (Å²) in [6.45, 7) is 1.27. The average molecular weight is 291 g/mol. The van der Waals surface area contributed by atoms with Gasteiger partial charge in [0.25, 0.3) is 5.91 Å². The van der Waals surface area contributed by atoms with E-state index in [1.807, 2.05) is 12.1 Å². The summed E-state index contributed by atoms with van der Waals surface area (Å²) in [5, 5.41) is 2.90. The quantitative estimate of drug-likeness (QED) is 0.944. The maximum atomic E-state index is 11.9. The summed E-state index contributed by atoms with van der Waals surface area (Å²) < 4.78 is 5.45. The van der Waals surface area contributed by atoms with Crippen molar-refractivity contribution in [3.63, 3.8) is 0 Å². The van der Waals surface area contributed by atoms with Gasteiger partial charge in [-0.15, -0.1) is 12.4 Å². The zero-order valence-corrected chi connectivity index (χ0v) is 11.7. The molecular formula is C15H15ClN2O2. The highest BCUT2D eigenvalue weighted by Crippen LogP contribution is 2.25. The second-order valence-corrected chi connectivity index (χ2v) is 4.46. The third-order valence-corrected chi connectivity index (χ3v) is 3.15. The van der Waals surface area contributed by atoms with Crippen LogP contribution in [-0.4, -0.2) is 17.5 Å². The summed E-state index contributed by atoms with van der Waals surface area (Å²) in [6, 6.07) is 9.44. The summed E-state index contributed by atoms with van der Waals surface area (Å²) in [7, 11) is 0. The number of nitrogens with zero attached hydrogens (tertiary/aromatic N) is 1. The molecule has 0 aliphatic carbocycles. The number of carbonyl (C=O) groups is 1. The van der Waals surface area contributed by atoms with Gasteiger partial charge in [0.05, 0.1) is 6.61 Å². The molecule has 2 heterocycles. The van der Waals surface area contributed by atoms with Crippen molar-refractivity contribution >= 4 is 18.3 Å². The number of fused-ring (bicyclic) bond motifs is 1. The molecule has 0 fully saturated rings. The number of hydrogen-bond donors (Lipinski definition) is 1. The van der Waals surface area contributed by atoms with E-state index in [1.165, 1.54) is 5.56 Å². The lowest BCUT2D eigenvalue weighted by Gasteiger charge is -2.06. The van der Waals surface area contributed by atoms with Gasteiger partial charge in [-0.2, -0.15) is 0 Å². The first-order valence-corrected chi connectivity index (χ1v) is 6.26. The first-order chi connectivity index (χ1) is 9.33. The predicted molar refractivity (Wildman–Crippen MR) is 78.3 cm³/mol. The highest BCUT2D eigenvalue weighted by Gasteiger charge is 2.12. The normalized spacial score (nSPS) is 12.0. The molecule has 104 valence electrons. The molecule has 1 aliphatic heterocycles. The molecule has 0 spiro atoms. The Morgan fingerprint density at radius 3 is 2.85 bits per heavy atom. The molecule has 0 saturated carbocycles. The number of aromatic nitrogens is 1. The third kappa shape index (κ3) is 3.08. The fourth-order valence-corrected chi connectivity index (χ4v) is 2.14. The van der Waals surface area contributed by atoms with Crippen molar-refractivity contribution in [2.45, 2.75) is 13.0 Å². The molecule has 1 N–H and O–H groups in total. The Bertz CT molecular complexity index is 602. The number of amides is 1. The maximum absolute atomic E-state index is 11.9. The van der Waals surface area contributed by atoms with Crippen LogP contribution in [0.25, 0.3) is 0 Å². The van der Waals surface area contributed by atoms with E-state index < -0.39 is 0 Å². The lowest BCUT2D eigenvalue weighted by Crippen LogP contribution is -2.22. The van der Waals surface area contributed by atoms with Gasteiger partial charge in [-0.05, 0) is 29.3 Å².